The summed E-state index contributed by atoms with van der Waals surface area (Å²) in [6.07, 6.45) is 3.89. The fraction of sp³-hybridized carbons (Fsp3) is 0.167. The Labute approximate surface area is 83.9 Å². The first-order valence-electron chi connectivity index (χ1n) is 4.65. The lowest BCUT2D eigenvalue weighted by Crippen LogP contribution is -2.29. The van der Waals surface area contributed by atoms with Crippen LogP contribution in [-0.2, 0) is 7.05 Å². The second kappa shape index (κ2) is 3.58. The topological polar surface area (TPSA) is 16.8 Å². The molecule has 0 spiro atoms. The molecule has 0 amide bonds. The second-order valence-electron chi connectivity index (χ2n) is 3.38. The zero-order valence-electron chi connectivity index (χ0n) is 8.44. The maximum Gasteiger partial charge on any atom is 0.212 e. The molecule has 0 fully saturated rings. The van der Waals surface area contributed by atoms with Crippen LogP contribution in [0.4, 0.5) is 0 Å². The molecule has 2 nitrogen and oxygen atoms in total. The van der Waals surface area contributed by atoms with Crippen molar-refractivity contribution in [3.05, 3.63) is 48.4 Å². The van der Waals surface area contributed by atoms with Gasteiger partial charge in [0.05, 0.1) is 0 Å². The molecule has 0 atom stereocenters. The first-order valence-corrected chi connectivity index (χ1v) is 4.65. The molecule has 0 aliphatic carbocycles. The highest BCUT2D eigenvalue weighted by atomic mass is 14.9. The molecule has 0 aliphatic rings. The van der Waals surface area contributed by atoms with E-state index in [4.69, 9.17) is 0 Å². The molecule has 0 aliphatic heterocycles. The average molecular weight is 185 g/mol. The van der Waals surface area contributed by atoms with Crippen LogP contribution in [0.3, 0.4) is 0 Å². The normalized spacial score (nSPS) is 10.1. The Balaban J connectivity index is 2.55. The number of hydrogen-bond donors (Lipinski definition) is 0. The third-order valence-electron chi connectivity index (χ3n) is 2.25. The zero-order valence-corrected chi connectivity index (χ0v) is 8.44. The van der Waals surface area contributed by atoms with E-state index >= 15 is 0 Å². The Kier molecular flexibility index (Phi) is 2.27. The Hall–Kier alpha value is -1.70. The Morgan fingerprint density at radius 3 is 2.79 bits per heavy atom. The Bertz CT molecular complexity index is 450. The summed E-state index contributed by atoms with van der Waals surface area (Å²) >= 11 is 0. The van der Waals surface area contributed by atoms with Crippen LogP contribution in [-0.4, -0.2) is 4.98 Å². The molecule has 0 N–H and O–H groups in total. The molecular formula is C12H13N2+. The third kappa shape index (κ3) is 1.64. The van der Waals surface area contributed by atoms with E-state index < -0.39 is 0 Å². The summed E-state index contributed by atoms with van der Waals surface area (Å²) in [5, 5.41) is 0. The molecule has 0 saturated heterocycles. The van der Waals surface area contributed by atoms with Crippen LogP contribution >= 0.6 is 0 Å². The molecule has 2 rings (SSSR count). The maximum absolute atomic E-state index is 4.19. The van der Waals surface area contributed by atoms with Gasteiger partial charge in [0.1, 0.15) is 7.05 Å². The van der Waals surface area contributed by atoms with E-state index in [1.807, 2.05) is 44.6 Å². The minimum atomic E-state index is 1.05. The summed E-state index contributed by atoms with van der Waals surface area (Å²) < 4.78 is 2.11. The van der Waals surface area contributed by atoms with Gasteiger partial charge in [-0.2, -0.15) is 0 Å². The van der Waals surface area contributed by atoms with Gasteiger partial charge in [0.15, 0.2) is 6.20 Å². The standard InChI is InChI=1S/C12H13N2/c1-10-9-11(6-7-13-10)12-5-3-4-8-14(12)2/h3-9H,1-2H3/q+1. The Morgan fingerprint density at radius 1 is 1.21 bits per heavy atom. The summed E-state index contributed by atoms with van der Waals surface area (Å²) in [6.45, 7) is 2.01. The molecule has 0 aromatic carbocycles. The lowest BCUT2D eigenvalue weighted by atomic mass is 10.1. The van der Waals surface area contributed by atoms with Gasteiger partial charge in [-0.3, -0.25) is 4.98 Å². The predicted molar refractivity (Wildman–Crippen MR) is 55.6 cm³/mol. The number of aryl methyl sites for hydroxylation is 2. The van der Waals surface area contributed by atoms with E-state index in [1.165, 1.54) is 11.3 Å². The zero-order chi connectivity index (χ0) is 9.97. The minimum Gasteiger partial charge on any atom is -0.262 e. The number of nitrogens with zero attached hydrogens (tertiary/aromatic N) is 2. The van der Waals surface area contributed by atoms with Crippen LogP contribution in [0.15, 0.2) is 42.7 Å². The van der Waals surface area contributed by atoms with Crippen LogP contribution in [0, 0.1) is 6.92 Å². The van der Waals surface area contributed by atoms with Gasteiger partial charge in [0.2, 0.25) is 5.69 Å². The van der Waals surface area contributed by atoms with Gasteiger partial charge in [-0.1, -0.05) is 0 Å². The summed E-state index contributed by atoms with van der Waals surface area (Å²) in [4.78, 5) is 4.19. The molecule has 14 heavy (non-hydrogen) atoms. The average Bonchev–Trinajstić information content (AvgIpc) is 2.18. The van der Waals surface area contributed by atoms with Crippen molar-refractivity contribution < 1.29 is 4.57 Å². The van der Waals surface area contributed by atoms with Crippen LogP contribution < -0.4 is 4.57 Å². The molecule has 2 heterocycles. The van der Waals surface area contributed by atoms with Gasteiger partial charge in [-0.05, 0) is 25.1 Å². The molecule has 0 unspecified atom stereocenters. The van der Waals surface area contributed by atoms with Gasteiger partial charge in [-0.15, -0.1) is 0 Å². The largest absolute Gasteiger partial charge is 0.262 e. The SMILES string of the molecule is Cc1cc(-c2cccc[n+]2C)ccn1. The van der Waals surface area contributed by atoms with E-state index in [-0.39, 0.29) is 0 Å². The highest BCUT2D eigenvalue weighted by Gasteiger charge is 2.07. The monoisotopic (exact) mass is 185 g/mol. The molecular weight excluding hydrogens is 172 g/mol. The van der Waals surface area contributed by atoms with E-state index in [1.54, 1.807) is 0 Å². The van der Waals surface area contributed by atoms with Crippen molar-refractivity contribution in [1.82, 2.24) is 4.98 Å². The molecule has 2 aromatic rings. The van der Waals surface area contributed by atoms with Gasteiger partial charge < -0.3 is 0 Å². The maximum atomic E-state index is 4.19. The minimum absolute atomic E-state index is 1.05. The summed E-state index contributed by atoms with van der Waals surface area (Å²) in [5.41, 5.74) is 3.46. The molecule has 2 aromatic heterocycles. The fourth-order valence-corrected chi connectivity index (χ4v) is 1.53. The van der Waals surface area contributed by atoms with Gasteiger partial charge in [0.25, 0.3) is 0 Å². The molecule has 2 heteroatoms. The lowest BCUT2D eigenvalue weighted by Gasteiger charge is -1.99. The molecule has 0 radical (unpaired) electrons. The summed E-state index contributed by atoms with van der Waals surface area (Å²) in [6, 6.07) is 10.3. The molecule has 70 valence electrons. The van der Waals surface area contributed by atoms with Crippen LogP contribution in [0.25, 0.3) is 11.3 Å². The van der Waals surface area contributed by atoms with E-state index in [0.29, 0.717) is 0 Å². The number of rotatable bonds is 1. The first-order chi connectivity index (χ1) is 6.77. The highest BCUT2D eigenvalue weighted by Crippen LogP contribution is 2.14. The number of aromatic nitrogens is 2. The van der Waals surface area contributed by atoms with E-state index in [0.717, 1.165) is 5.69 Å². The Morgan fingerprint density at radius 2 is 2.07 bits per heavy atom. The van der Waals surface area contributed by atoms with Crippen molar-refractivity contribution in [3.8, 4) is 11.3 Å². The predicted octanol–water partition coefficient (Wildman–Crippen LogP) is 1.88. The highest BCUT2D eigenvalue weighted by molar-refractivity contribution is 5.55. The van der Waals surface area contributed by atoms with Crippen molar-refractivity contribution in [2.75, 3.05) is 0 Å². The first kappa shape index (κ1) is 8.88. The summed E-state index contributed by atoms with van der Waals surface area (Å²) in [7, 11) is 2.05. The quantitative estimate of drug-likeness (QED) is 0.620. The van der Waals surface area contributed by atoms with Crippen LogP contribution in [0.2, 0.25) is 0 Å². The molecule has 0 bridgehead atoms. The van der Waals surface area contributed by atoms with Gasteiger partial charge in [-0.25, -0.2) is 4.57 Å². The fourth-order valence-electron chi connectivity index (χ4n) is 1.53. The lowest BCUT2D eigenvalue weighted by molar-refractivity contribution is -0.660. The smallest absolute Gasteiger partial charge is 0.212 e. The van der Waals surface area contributed by atoms with Crippen molar-refractivity contribution in [1.29, 1.82) is 0 Å². The van der Waals surface area contributed by atoms with Crippen molar-refractivity contribution >= 4 is 0 Å². The van der Waals surface area contributed by atoms with E-state index in [2.05, 4.69) is 21.7 Å². The van der Waals surface area contributed by atoms with E-state index in [9.17, 15) is 0 Å². The van der Waals surface area contributed by atoms with Crippen LogP contribution in [0.1, 0.15) is 5.69 Å². The number of pyridine rings is 2. The van der Waals surface area contributed by atoms with Crippen LogP contribution in [0.5, 0.6) is 0 Å². The van der Waals surface area contributed by atoms with Crippen molar-refractivity contribution in [2.24, 2.45) is 7.05 Å². The van der Waals surface area contributed by atoms with Crippen molar-refractivity contribution in [3.63, 3.8) is 0 Å². The van der Waals surface area contributed by atoms with Gasteiger partial charge >= 0.3 is 0 Å². The molecule has 0 saturated carbocycles. The third-order valence-corrected chi connectivity index (χ3v) is 2.25. The second-order valence-corrected chi connectivity index (χ2v) is 3.38. The van der Waals surface area contributed by atoms with Crippen molar-refractivity contribution in [2.45, 2.75) is 6.92 Å². The van der Waals surface area contributed by atoms with Gasteiger partial charge in [0, 0.05) is 29.6 Å². The number of hydrogen-bond acceptors (Lipinski definition) is 1. The summed E-state index contributed by atoms with van der Waals surface area (Å²) in [5.74, 6) is 0.